The van der Waals surface area contributed by atoms with Gasteiger partial charge in [-0.1, -0.05) is 19.4 Å². The Morgan fingerprint density at radius 1 is 1.50 bits per heavy atom. The first-order chi connectivity index (χ1) is 7.51. The topological polar surface area (TPSA) is 92.4 Å². The monoisotopic (exact) mass is 228 g/mol. The van der Waals surface area contributed by atoms with Gasteiger partial charge in [0.05, 0.1) is 5.70 Å². The van der Waals surface area contributed by atoms with Crippen LogP contribution in [0.15, 0.2) is 11.8 Å². The highest BCUT2D eigenvalue weighted by molar-refractivity contribution is 5.91. The minimum atomic E-state index is -0.818. The van der Waals surface area contributed by atoms with Crippen molar-refractivity contribution < 1.29 is 14.7 Å². The molecule has 0 spiro atoms. The van der Waals surface area contributed by atoms with Crippen LogP contribution in [0.4, 0.5) is 0 Å². The van der Waals surface area contributed by atoms with Crippen molar-refractivity contribution in [3.05, 3.63) is 11.8 Å². The van der Waals surface area contributed by atoms with E-state index in [4.69, 9.17) is 10.8 Å². The molecule has 0 radical (unpaired) electrons. The fourth-order valence-electron chi connectivity index (χ4n) is 1.52. The Labute approximate surface area is 95.7 Å². The van der Waals surface area contributed by atoms with Gasteiger partial charge >= 0.3 is 5.97 Å². The van der Waals surface area contributed by atoms with E-state index in [0.717, 1.165) is 12.8 Å². The average molecular weight is 228 g/mol. The number of nitrogens with two attached hydrogens (primary N) is 1. The Balaban J connectivity index is 4.19. The van der Waals surface area contributed by atoms with E-state index in [1.54, 1.807) is 13.0 Å². The van der Waals surface area contributed by atoms with Gasteiger partial charge in [0.2, 0.25) is 0 Å². The van der Waals surface area contributed by atoms with E-state index < -0.39 is 11.9 Å². The summed E-state index contributed by atoms with van der Waals surface area (Å²) >= 11 is 0. The standard InChI is InChI=1S/C11H20N2O3/c1-3-5-8(6-10(14)15)7-13-9(4-2)11(12)16/h4,8,13H,3,5-7H2,1-2H3,(H2,12,16)(H,14,15)/b9-4+/t8-/m1/s1. The summed E-state index contributed by atoms with van der Waals surface area (Å²) in [4.78, 5) is 21.5. The third-order valence-electron chi connectivity index (χ3n) is 2.30. The molecule has 1 amide bonds. The van der Waals surface area contributed by atoms with Crippen LogP contribution in [0.5, 0.6) is 0 Å². The fraction of sp³-hybridized carbons (Fsp3) is 0.636. The molecule has 1 atom stereocenters. The van der Waals surface area contributed by atoms with Crippen molar-refractivity contribution in [3.8, 4) is 0 Å². The number of nitrogens with one attached hydrogen (secondary N) is 1. The zero-order valence-corrected chi connectivity index (χ0v) is 9.82. The second-order valence-electron chi connectivity index (χ2n) is 3.70. The molecule has 0 saturated heterocycles. The van der Waals surface area contributed by atoms with E-state index in [1.807, 2.05) is 6.92 Å². The number of rotatable bonds is 8. The van der Waals surface area contributed by atoms with E-state index in [1.165, 1.54) is 0 Å². The Morgan fingerprint density at radius 2 is 2.12 bits per heavy atom. The van der Waals surface area contributed by atoms with Crippen molar-refractivity contribution in [2.75, 3.05) is 6.54 Å². The van der Waals surface area contributed by atoms with Crippen LogP contribution in [0.3, 0.4) is 0 Å². The molecule has 0 aliphatic carbocycles. The maximum Gasteiger partial charge on any atom is 0.303 e. The lowest BCUT2D eigenvalue weighted by Gasteiger charge is -2.16. The molecule has 0 rings (SSSR count). The first kappa shape index (κ1) is 14.5. The number of aliphatic carboxylic acids is 1. The van der Waals surface area contributed by atoms with Gasteiger partial charge in [0.1, 0.15) is 0 Å². The molecule has 5 heteroatoms. The molecule has 0 bridgehead atoms. The van der Waals surface area contributed by atoms with Crippen LogP contribution in [0.2, 0.25) is 0 Å². The smallest absolute Gasteiger partial charge is 0.303 e. The highest BCUT2D eigenvalue weighted by atomic mass is 16.4. The molecule has 0 aromatic rings. The third kappa shape index (κ3) is 6.06. The summed E-state index contributed by atoms with van der Waals surface area (Å²) in [5.74, 6) is -1.31. The van der Waals surface area contributed by atoms with Crippen LogP contribution >= 0.6 is 0 Å². The van der Waals surface area contributed by atoms with Gasteiger partial charge in [-0.15, -0.1) is 0 Å². The van der Waals surface area contributed by atoms with Gasteiger partial charge in [-0.2, -0.15) is 0 Å². The maximum absolute atomic E-state index is 10.9. The van der Waals surface area contributed by atoms with Gasteiger partial charge < -0.3 is 16.2 Å². The van der Waals surface area contributed by atoms with Gasteiger partial charge in [0.15, 0.2) is 0 Å². The molecule has 0 aromatic heterocycles. The van der Waals surface area contributed by atoms with Crippen LogP contribution in [0, 0.1) is 5.92 Å². The average Bonchev–Trinajstić information content (AvgIpc) is 2.17. The molecule has 0 aliphatic heterocycles. The first-order valence-electron chi connectivity index (χ1n) is 5.43. The van der Waals surface area contributed by atoms with Crippen molar-refractivity contribution >= 4 is 11.9 Å². The Kier molecular flexibility index (Phi) is 7.00. The number of allylic oxidation sites excluding steroid dienone is 1. The van der Waals surface area contributed by atoms with Gasteiger partial charge in [0.25, 0.3) is 5.91 Å². The number of carbonyl (C=O) groups excluding carboxylic acids is 1. The Bertz CT molecular complexity index is 274. The van der Waals surface area contributed by atoms with Crippen molar-refractivity contribution in [3.63, 3.8) is 0 Å². The summed E-state index contributed by atoms with van der Waals surface area (Å²) < 4.78 is 0. The van der Waals surface area contributed by atoms with E-state index in [-0.39, 0.29) is 12.3 Å². The number of hydrogen-bond donors (Lipinski definition) is 3. The Morgan fingerprint density at radius 3 is 2.50 bits per heavy atom. The molecule has 4 N–H and O–H groups in total. The number of amides is 1. The lowest BCUT2D eigenvalue weighted by atomic mass is 10.00. The molecule has 5 nitrogen and oxygen atoms in total. The summed E-state index contributed by atoms with van der Waals surface area (Å²) in [6.07, 6.45) is 3.43. The Hall–Kier alpha value is -1.52. The molecule has 0 aromatic carbocycles. The van der Waals surface area contributed by atoms with E-state index in [0.29, 0.717) is 12.2 Å². The number of hydrogen-bond acceptors (Lipinski definition) is 3. The lowest BCUT2D eigenvalue weighted by Crippen LogP contribution is -2.30. The normalized spacial score (nSPS) is 13.2. The molecular formula is C11H20N2O3. The zero-order valence-electron chi connectivity index (χ0n) is 9.82. The van der Waals surface area contributed by atoms with Crippen LogP contribution in [0.1, 0.15) is 33.1 Å². The number of carboxylic acids is 1. The van der Waals surface area contributed by atoms with E-state index >= 15 is 0 Å². The van der Waals surface area contributed by atoms with Gasteiger partial charge in [-0.25, -0.2) is 0 Å². The van der Waals surface area contributed by atoms with Gasteiger partial charge in [0, 0.05) is 13.0 Å². The number of carboxylic acid groups (broad SMARTS) is 1. The number of carbonyl (C=O) groups is 2. The number of primary amides is 1. The summed E-state index contributed by atoms with van der Waals surface area (Å²) in [6, 6.07) is 0. The summed E-state index contributed by atoms with van der Waals surface area (Å²) in [5, 5.41) is 11.6. The highest BCUT2D eigenvalue weighted by Crippen LogP contribution is 2.10. The van der Waals surface area contributed by atoms with Crippen LogP contribution in [0.25, 0.3) is 0 Å². The molecule has 0 aliphatic rings. The molecule has 0 heterocycles. The zero-order chi connectivity index (χ0) is 12.6. The van der Waals surface area contributed by atoms with Crippen LogP contribution in [-0.4, -0.2) is 23.5 Å². The molecule has 0 unspecified atom stereocenters. The molecular weight excluding hydrogens is 208 g/mol. The first-order valence-corrected chi connectivity index (χ1v) is 5.43. The third-order valence-corrected chi connectivity index (χ3v) is 2.30. The molecule has 0 saturated carbocycles. The molecule has 92 valence electrons. The van der Waals surface area contributed by atoms with Gasteiger partial charge in [-0.05, 0) is 19.3 Å². The van der Waals surface area contributed by atoms with Crippen molar-refractivity contribution in [2.24, 2.45) is 11.7 Å². The molecule has 0 fully saturated rings. The fourth-order valence-corrected chi connectivity index (χ4v) is 1.52. The summed E-state index contributed by atoms with van der Waals surface area (Å²) in [7, 11) is 0. The van der Waals surface area contributed by atoms with Crippen LogP contribution in [-0.2, 0) is 9.59 Å². The van der Waals surface area contributed by atoms with Gasteiger partial charge in [-0.3, -0.25) is 9.59 Å². The van der Waals surface area contributed by atoms with Crippen molar-refractivity contribution in [2.45, 2.75) is 33.1 Å². The summed E-state index contributed by atoms with van der Waals surface area (Å²) in [5.41, 5.74) is 5.46. The van der Waals surface area contributed by atoms with Crippen molar-refractivity contribution in [1.82, 2.24) is 5.32 Å². The lowest BCUT2D eigenvalue weighted by molar-refractivity contribution is -0.138. The minimum Gasteiger partial charge on any atom is -0.481 e. The second kappa shape index (κ2) is 7.73. The predicted molar refractivity (Wildman–Crippen MR) is 61.6 cm³/mol. The van der Waals surface area contributed by atoms with Crippen molar-refractivity contribution in [1.29, 1.82) is 0 Å². The second-order valence-corrected chi connectivity index (χ2v) is 3.70. The van der Waals surface area contributed by atoms with E-state index in [2.05, 4.69) is 5.32 Å². The maximum atomic E-state index is 10.9. The predicted octanol–water partition coefficient (Wildman–Crippen LogP) is 0.856. The minimum absolute atomic E-state index is 0.0248. The largest absolute Gasteiger partial charge is 0.481 e. The van der Waals surface area contributed by atoms with Crippen LogP contribution < -0.4 is 11.1 Å². The summed E-state index contributed by atoms with van der Waals surface area (Å²) in [6.45, 7) is 4.17. The highest BCUT2D eigenvalue weighted by Gasteiger charge is 2.13. The SMILES string of the molecule is C/C=C(/NC[C@H](CCC)CC(=O)O)C(N)=O. The van der Waals surface area contributed by atoms with E-state index in [9.17, 15) is 9.59 Å². The quantitative estimate of drug-likeness (QED) is 0.537. The molecule has 16 heavy (non-hydrogen) atoms.